The minimum atomic E-state index is -0.521. The highest BCUT2D eigenvalue weighted by atomic mass is 32.1. The Morgan fingerprint density at radius 2 is 1.50 bits per heavy atom. The minimum Gasteiger partial charge on any atom is -0.366 e. The fraction of sp³-hybridized carbons (Fsp3) is 0.348. The van der Waals surface area contributed by atoms with Gasteiger partial charge in [-0.15, -0.1) is 0 Å². The number of amides is 2. The number of nitrogens with zero attached hydrogens (tertiary/aromatic N) is 2. The van der Waals surface area contributed by atoms with Crippen molar-refractivity contribution in [3.05, 3.63) is 60.2 Å². The van der Waals surface area contributed by atoms with Gasteiger partial charge in [0.25, 0.3) is 5.91 Å². The maximum absolute atomic E-state index is 12.7. The van der Waals surface area contributed by atoms with E-state index in [1.54, 1.807) is 0 Å². The van der Waals surface area contributed by atoms with Crippen LogP contribution in [-0.4, -0.2) is 48.0 Å². The smallest absolute Gasteiger partial charge is 0.253 e. The Morgan fingerprint density at radius 3 is 2.13 bits per heavy atom. The van der Waals surface area contributed by atoms with E-state index in [-0.39, 0.29) is 16.9 Å². The standard InChI is InChI=1S/C23H28N4O2S/c1-23(2,3)21(29)25-22(30)24-18-11-7-8-12-19(18)26-13-15-27(16-14-26)20(28)17-9-5-4-6-10-17/h4-12H,13-16H2,1-3H3,(H2,24,25,29,30). The van der Waals surface area contributed by atoms with E-state index >= 15 is 0 Å². The summed E-state index contributed by atoms with van der Waals surface area (Å²) in [6, 6.07) is 17.2. The van der Waals surface area contributed by atoms with Gasteiger partial charge in [0.2, 0.25) is 5.91 Å². The van der Waals surface area contributed by atoms with Gasteiger partial charge in [-0.05, 0) is 36.5 Å². The Bertz CT molecular complexity index is 916. The SMILES string of the molecule is CC(C)(C)C(=O)NC(=S)Nc1ccccc1N1CCN(C(=O)c2ccccc2)CC1. The molecule has 0 saturated carbocycles. The molecule has 1 fully saturated rings. The van der Waals surface area contributed by atoms with E-state index in [1.165, 1.54) is 0 Å². The molecule has 1 heterocycles. The van der Waals surface area contributed by atoms with Crippen LogP contribution in [0.5, 0.6) is 0 Å². The van der Waals surface area contributed by atoms with Gasteiger partial charge >= 0.3 is 0 Å². The lowest BCUT2D eigenvalue weighted by Crippen LogP contribution is -2.49. The number of para-hydroxylation sites is 2. The summed E-state index contributed by atoms with van der Waals surface area (Å²) in [5.41, 5.74) is 2.02. The van der Waals surface area contributed by atoms with Gasteiger partial charge < -0.3 is 20.4 Å². The first-order chi connectivity index (χ1) is 14.3. The van der Waals surface area contributed by atoms with Crippen molar-refractivity contribution in [2.75, 3.05) is 36.4 Å². The molecule has 0 bridgehead atoms. The van der Waals surface area contributed by atoms with Crippen molar-refractivity contribution in [3.63, 3.8) is 0 Å². The quantitative estimate of drug-likeness (QED) is 0.739. The highest BCUT2D eigenvalue weighted by Gasteiger charge is 2.25. The van der Waals surface area contributed by atoms with Crippen LogP contribution in [0, 0.1) is 5.41 Å². The van der Waals surface area contributed by atoms with Crippen molar-refractivity contribution in [2.24, 2.45) is 5.41 Å². The van der Waals surface area contributed by atoms with Crippen LogP contribution in [0.3, 0.4) is 0 Å². The molecule has 2 N–H and O–H groups in total. The van der Waals surface area contributed by atoms with E-state index in [2.05, 4.69) is 15.5 Å². The average Bonchev–Trinajstić information content (AvgIpc) is 2.73. The highest BCUT2D eigenvalue weighted by Crippen LogP contribution is 2.27. The number of carbonyl (C=O) groups is 2. The summed E-state index contributed by atoms with van der Waals surface area (Å²) < 4.78 is 0. The fourth-order valence-corrected chi connectivity index (χ4v) is 3.42. The Kier molecular flexibility index (Phi) is 6.72. The van der Waals surface area contributed by atoms with Gasteiger partial charge in [-0.2, -0.15) is 0 Å². The van der Waals surface area contributed by atoms with Gasteiger partial charge in [-0.3, -0.25) is 9.59 Å². The van der Waals surface area contributed by atoms with Crippen molar-refractivity contribution >= 4 is 40.5 Å². The lowest BCUT2D eigenvalue weighted by molar-refractivity contribution is -0.126. The van der Waals surface area contributed by atoms with Gasteiger partial charge in [-0.1, -0.05) is 51.1 Å². The Labute approximate surface area is 183 Å². The zero-order valence-electron chi connectivity index (χ0n) is 17.6. The van der Waals surface area contributed by atoms with Crippen LogP contribution in [0.15, 0.2) is 54.6 Å². The molecular weight excluding hydrogens is 396 g/mol. The molecule has 1 aliphatic heterocycles. The van der Waals surface area contributed by atoms with E-state index in [1.807, 2.05) is 80.3 Å². The summed E-state index contributed by atoms with van der Waals surface area (Å²) in [5.74, 6) is -0.0711. The second kappa shape index (κ2) is 9.26. The number of benzene rings is 2. The third-order valence-corrected chi connectivity index (χ3v) is 5.19. The minimum absolute atomic E-state index is 0.0627. The molecule has 0 unspecified atom stereocenters. The Morgan fingerprint density at radius 1 is 0.900 bits per heavy atom. The number of piperazine rings is 1. The van der Waals surface area contributed by atoms with Crippen molar-refractivity contribution in [1.29, 1.82) is 0 Å². The molecule has 7 heteroatoms. The molecule has 0 spiro atoms. The van der Waals surface area contributed by atoms with Crippen LogP contribution in [0.2, 0.25) is 0 Å². The topological polar surface area (TPSA) is 64.7 Å². The molecule has 2 amide bonds. The molecule has 6 nitrogen and oxygen atoms in total. The molecule has 3 rings (SSSR count). The summed E-state index contributed by atoms with van der Waals surface area (Å²) in [4.78, 5) is 29.0. The maximum Gasteiger partial charge on any atom is 0.253 e. The monoisotopic (exact) mass is 424 g/mol. The van der Waals surface area contributed by atoms with Crippen molar-refractivity contribution in [3.8, 4) is 0 Å². The first kappa shape index (κ1) is 21.8. The molecule has 0 aromatic heterocycles. The molecule has 158 valence electrons. The van der Waals surface area contributed by atoms with Gasteiger partial charge in [0.15, 0.2) is 5.11 Å². The number of rotatable bonds is 3. The fourth-order valence-electron chi connectivity index (χ4n) is 3.21. The number of nitrogens with one attached hydrogen (secondary N) is 2. The van der Waals surface area contributed by atoms with Gasteiger partial charge in [0.05, 0.1) is 11.4 Å². The molecule has 1 saturated heterocycles. The second-order valence-corrected chi connectivity index (χ2v) is 8.73. The van der Waals surface area contributed by atoms with E-state index in [0.29, 0.717) is 18.7 Å². The third-order valence-electron chi connectivity index (χ3n) is 4.99. The largest absolute Gasteiger partial charge is 0.366 e. The molecule has 2 aromatic carbocycles. The Balaban J connectivity index is 1.63. The number of anilines is 2. The first-order valence-corrected chi connectivity index (χ1v) is 10.5. The molecule has 0 radical (unpaired) electrons. The van der Waals surface area contributed by atoms with E-state index < -0.39 is 5.41 Å². The van der Waals surface area contributed by atoms with Crippen LogP contribution < -0.4 is 15.5 Å². The van der Waals surface area contributed by atoms with E-state index in [4.69, 9.17) is 12.2 Å². The number of carbonyl (C=O) groups excluding carboxylic acids is 2. The second-order valence-electron chi connectivity index (χ2n) is 8.32. The molecular formula is C23H28N4O2S. The van der Waals surface area contributed by atoms with Crippen LogP contribution in [0.25, 0.3) is 0 Å². The highest BCUT2D eigenvalue weighted by molar-refractivity contribution is 7.80. The van der Waals surface area contributed by atoms with E-state index in [9.17, 15) is 9.59 Å². The predicted molar refractivity (Wildman–Crippen MR) is 125 cm³/mol. The predicted octanol–water partition coefficient (Wildman–Crippen LogP) is 3.51. The zero-order valence-corrected chi connectivity index (χ0v) is 18.5. The maximum atomic E-state index is 12.7. The summed E-state index contributed by atoms with van der Waals surface area (Å²) in [7, 11) is 0. The molecule has 2 aromatic rings. The van der Waals surface area contributed by atoms with Crippen LogP contribution in [-0.2, 0) is 4.79 Å². The Hall–Kier alpha value is -2.93. The van der Waals surface area contributed by atoms with Crippen molar-refractivity contribution < 1.29 is 9.59 Å². The molecule has 0 atom stereocenters. The lowest BCUT2D eigenvalue weighted by atomic mass is 9.96. The molecule has 1 aliphatic rings. The number of hydrogen-bond donors (Lipinski definition) is 2. The van der Waals surface area contributed by atoms with Crippen molar-refractivity contribution in [2.45, 2.75) is 20.8 Å². The van der Waals surface area contributed by atoms with Gasteiger partial charge in [0.1, 0.15) is 0 Å². The summed E-state index contributed by atoms with van der Waals surface area (Å²) in [5, 5.41) is 6.17. The van der Waals surface area contributed by atoms with Gasteiger partial charge in [0, 0.05) is 37.2 Å². The first-order valence-electron chi connectivity index (χ1n) is 10.1. The van der Waals surface area contributed by atoms with Crippen LogP contribution >= 0.6 is 12.2 Å². The van der Waals surface area contributed by atoms with Gasteiger partial charge in [-0.25, -0.2) is 0 Å². The summed E-state index contributed by atoms with van der Waals surface area (Å²) in [6.07, 6.45) is 0. The molecule has 0 aliphatic carbocycles. The number of thiocarbonyl (C=S) groups is 1. The zero-order chi connectivity index (χ0) is 21.7. The summed E-state index contributed by atoms with van der Waals surface area (Å²) in [6.45, 7) is 8.26. The third kappa shape index (κ3) is 5.36. The lowest BCUT2D eigenvalue weighted by Gasteiger charge is -2.37. The normalized spacial score (nSPS) is 14.2. The van der Waals surface area contributed by atoms with Crippen LogP contribution in [0.1, 0.15) is 31.1 Å². The van der Waals surface area contributed by atoms with Crippen LogP contribution in [0.4, 0.5) is 11.4 Å². The average molecular weight is 425 g/mol. The molecule has 30 heavy (non-hydrogen) atoms. The van der Waals surface area contributed by atoms with Crippen molar-refractivity contribution in [1.82, 2.24) is 10.2 Å². The number of hydrogen-bond acceptors (Lipinski definition) is 4. The summed E-state index contributed by atoms with van der Waals surface area (Å²) >= 11 is 5.33. The van der Waals surface area contributed by atoms with E-state index in [0.717, 1.165) is 24.5 Å².